The summed E-state index contributed by atoms with van der Waals surface area (Å²) in [6.07, 6.45) is 4.86. The second kappa shape index (κ2) is 8.46. The molecule has 1 saturated heterocycles. The largest absolute Gasteiger partial charge is 0.370 e. The van der Waals surface area contributed by atoms with Crippen molar-refractivity contribution in [1.82, 2.24) is 9.88 Å². The highest BCUT2D eigenvalue weighted by atomic mass is 32.1. The van der Waals surface area contributed by atoms with E-state index < -0.39 is 0 Å². The van der Waals surface area contributed by atoms with Crippen LogP contribution in [-0.2, 0) is 13.0 Å². The van der Waals surface area contributed by atoms with Crippen LogP contribution in [0.1, 0.15) is 36.9 Å². The van der Waals surface area contributed by atoms with Gasteiger partial charge in [-0.05, 0) is 31.4 Å². The minimum atomic E-state index is 1.01. The third-order valence-electron chi connectivity index (χ3n) is 4.44. The zero-order chi connectivity index (χ0) is 15.9. The molecule has 3 rings (SSSR count). The lowest BCUT2D eigenvalue weighted by molar-refractivity contribution is 0.282. The van der Waals surface area contributed by atoms with Gasteiger partial charge in [0.25, 0.3) is 0 Å². The van der Waals surface area contributed by atoms with Gasteiger partial charge in [-0.1, -0.05) is 31.5 Å². The van der Waals surface area contributed by atoms with Crippen LogP contribution in [0.5, 0.6) is 0 Å². The summed E-state index contributed by atoms with van der Waals surface area (Å²) in [7, 11) is 0. The van der Waals surface area contributed by atoms with Crippen molar-refractivity contribution in [3.63, 3.8) is 0 Å². The van der Waals surface area contributed by atoms with Crippen molar-refractivity contribution in [2.45, 2.75) is 39.2 Å². The number of unbranched alkanes of at least 4 members (excludes halogenated alkanes) is 1. The van der Waals surface area contributed by atoms with E-state index in [1.54, 1.807) is 0 Å². The quantitative estimate of drug-likeness (QED) is 0.792. The molecule has 0 amide bonds. The molecule has 23 heavy (non-hydrogen) atoms. The molecule has 0 aliphatic carbocycles. The van der Waals surface area contributed by atoms with E-state index >= 15 is 0 Å². The molecule has 0 atom stereocenters. The van der Waals surface area contributed by atoms with Crippen molar-refractivity contribution < 1.29 is 0 Å². The van der Waals surface area contributed by atoms with E-state index in [-0.39, 0.29) is 0 Å². The summed E-state index contributed by atoms with van der Waals surface area (Å²) in [5.74, 6) is 0. The summed E-state index contributed by atoms with van der Waals surface area (Å²) >= 11 is 1.83. The van der Waals surface area contributed by atoms with Crippen molar-refractivity contribution >= 4 is 17.0 Å². The highest BCUT2D eigenvalue weighted by Crippen LogP contribution is 2.18. The standard InChI is InChI=1S/C19H27N3S/c1-2-3-10-19-20-17(16-23-19)15-21-11-7-12-22(14-13-21)18-8-5-4-6-9-18/h4-6,8-9,16H,2-3,7,10-15H2,1H3. The average Bonchev–Trinajstić information content (AvgIpc) is 2.90. The molecule has 1 aromatic heterocycles. The predicted octanol–water partition coefficient (Wildman–Crippen LogP) is 4.20. The van der Waals surface area contributed by atoms with Gasteiger partial charge in [-0.2, -0.15) is 0 Å². The van der Waals surface area contributed by atoms with Crippen molar-refractivity contribution in [3.05, 3.63) is 46.4 Å². The van der Waals surface area contributed by atoms with Gasteiger partial charge in [0.1, 0.15) is 0 Å². The predicted molar refractivity (Wildman–Crippen MR) is 99.3 cm³/mol. The summed E-state index contributed by atoms with van der Waals surface area (Å²) in [6, 6.07) is 10.8. The number of aryl methyl sites for hydroxylation is 1. The summed E-state index contributed by atoms with van der Waals surface area (Å²) in [5, 5.41) is 3.56. The first kappa shape index (κ1) is 16.5. The first-order valence-corrected chi connectivity index (χ1v) is 9.69. The Bertz CT molecular complexity index is 581. The van der Waals surface area contributed by atoms with Crippen LogP contribution in [0.4, 0.5) is 5.69 Å². The number of thiazole rings is 1. The van der Waals surface area contributed by atoms with Crippen LogP contribution >= 0.6 is 11.3 Å². The molecule has 0 spiro atoms. The first-order valence-electron chi connectivity index (χ1n) is 8.81. The molecule has 0 saturated carbocycles. The van der Waals surface area contributed by atoms with Gasteiger partial charge in [-0.25, -0.2) is 4.98 Å². The molecule has 0 unspecified atom stereocenters. The molecule has 1 fully saturated rings. The van der Waals surface area contributed by atoms with E-state index in [1.165, 1.54) is 42.2 Å². The lowest BCUT2D eigenvalue weighted by Crippen LogP contribution is -2.30. The minimum absolute atomic E-state index is 1.01. The highest BCUT2D eigenvalue weighted by Gasteiger charge is 2.16. The number of hydrogen-bond donors (Lipinski definition) is 0. The van der Waals surface area contributed by atoms with Gasteiger partial charge >= 0.3 is 0 Å². The van der Waals surface area contributed by atoms with E-state index in [4.69, 9.17) is 4.98 Å². The molecule has 0 radical (unpaired) electrons. The van der Waals surface area contributed by atoms with Gasteiger partial charge < -0.3 is 4.90 Å². The molecule has 2 aromatic rings. The molecule has 124 valence electrons. The average molecular weight is 330 g/mol. The Morgan fingerprint density at radius 3 is 2.78 bits per heavy atom. The maximum atomic E-state index is 4.81. The van der Waals surface area contributed by atoms with Gasteiger partial charge in [0.2, 0.25) is 0 Å². The van der Waals surface area contributed by atoms with Gasteiger partial charge in [-0.3, -0.25) is 4.90 Å². The van der Waals surface area contributed by atoms with Crippen LogP contribution in [0, 0.1) is 0 Å². The topological polar surface area (TPSA) is 19.4 Å². The molecule has 0 N–H and O–H groups in total. The molecule has 3 nitrogen and oxygen atoms in total. The van der Waals surface area contributed by atoms with Gasteiger partial charge in [0, 0.05) is 43.8 Å². The first-order chi connectivity index (χ1) is 11.3. The number of nitrogens with zero attached hydrogens (tertiary/aromatic N) is 3. The fourth-order valence-corrected chi connectivity index (χ4v) is 3.95. The number of anilines is 1. The Labute approximate surface area is 144 Å². The Kier molecular flexibility index (Phi) is 6.06. The van der Waals surface area contributed by atoms with Crippen molar-refractivity contribution in [2.75, 3.05) is 31.1 Å². The van der Waals surface area contributed by atoms with E-state index in [0.717, 1.165) is 32.6 Å². The molecule has 4 heteroatoms. The third kappa shape index (κ3) is 4.79. The fraction of sp³-hybridized carbons (Fsp3) is 0.526. The Hall–Kier alpha value is -1.39. The lowest BCUT2D eigenvalue weighted by Gasteiger charge is -2.23. The van der Waals surface area contributed by atoms with E-state index in [0.29, 0.717) is 0 Å². The molecular weight excluding hydrogens is 302 g/mol. The Balaban J connectivity index is 1.53. The molecule has 1 aliphatic rings. The fourth-order valence-electron chi connectivity index (χ4n) is 3.12. The zero-order valence-corrected chi connectivity index (χ0v) is 14.9. The maximum Gasteiger partial charge on any atom is 0.0928 e. The third-order valence-corrected chi connectivity index (χ3v) is 5.40. The second-order valence-electron chi connectivity index (χ2n) is 6.29. The van der Waals surface area contributed by atoms with Crippen LogP contribution in [0.15, 0.2) is 35.7 Å². The molecule has 1 aliphatic heterocycles. The number of aromatic nitrogens is 1. The van der Waals surface area contributed by atoms with Crippen molar-refractivity contribution in [2.24, 2.45) is 0 Å². The SMILES string of the molecule is CCCCc1nc(CN2CCCN(c3ccccc3)CC2)cs1. The Morgan fingerprint density at radius 1 is 1.09 bits per heavy atom. The van der Waals surface area contributed by atoms with E-state index in [1.807, 2.05) is 11.3 Å². The van der Waals surface area contributed by atoms with Crippen LogP contribution in [0.2, 0.25) is 0 Å². The number of benzene rings is 1. The van der Waals surface area contributed by atoms with Crippen LogP contribution in [0.3, 0.4) is 0 Å². The Morgan fingerprint density at radius 2 is 1.96 bits per heavy atom. The van der Waals surface area contributed by atoms with Gasteiger partial charge in [0.15, 0.2) is 0 Å². The maximum absolute atomic E-state index is 4.81. The van der Waals surface area contributed by atoms with Gasteiger partial charge in [-0.15, -0.1) is 11.3 Å². The normalized spacial score (nSPS) is 16.5. The zero-order valence-electron chi connectivity index (χ0n) is 14.1. The second-order valence-corrected chi connectivity index (χ2v) is 7.23. The van der Waals surface area contributed by atoms with E-state index in [9.17, 15) is 0 Å². The van der Waals surface area contributed by atoms with Gasteiger partial charge in [0.05, 0.1) is 10.7 Å². The summed E-state index contributed by atoms with van der Waals surface area (Å²) < 4.78 is 0. The summed E-state index contributed by atoms with van der Waals surface area (Å²) in [4.78, 5) is 9.88. The van der Waals surface area contributed by atoms with Crippen LogP contribution in [0.25, 0.3) is 0 Å². The van der Waals surface area contributed by atoms with Crippen molar-refractivity contribution in [3.8, 4) is 0 Å². The molecular formula is C19H27N3S. The summed E-state index contributed by atoms with van der Waals surface area (Å²) in [6.45, 7) is 7.80. The monoisotopic (exact) mass is 329 g/mol. The minimum Gasteiger partial charge on any atom is -0.370 e. The lowest BCUT2D eigenvalue weighted by atomic mass is 10.3. The van der Waals surface area contributed by atoms with Crippen LogP contribution < -0.4 is 4.90 Å². The van der Waals surface area contributed by atoms with E-state index in [2.05, 4.69) is 52.4 Å². The number of hydrogen-bond acceptors (Lipinski definition) is 4. The summed E-state index contributed by atoms with van der Waals surface area (Å²) in [5.41, 5.74) is 2.61. The number of para-hydroxylation sites is 1. The molecule has 0 bridgehead atoms. The number of rotatable bonds is 6. The van der Waals surface area contributed by atoms with Crippen LogP contribution in [-0.4, -0.2) is 36.1 Å². The smallest absolute Gasteiger partial charge is 0.0928 e. The molecule has 2 heterocycles. The highest BCUT2D eigenvalue weighted by molar-refractivity contribution is 7.09. The van der Waals surface area contributed by atoms with Crippen molar-refractivity contribution in [1.29, 1.82) is 0 Å². The molecule has 1 aromatic carbocycles.